The van der Waals surface area contributed by atoms with Crippen LogP contribution < -0.4 is 10.2 Å². The number of hydrogen-bond acceptors (Lipinski definition) is 4. The molecule has 4 nitrogen and oxygen atoms in total. The maximum absolute atomic E-state index is 13.2. The number of benzene rings is 2. The fourth-order valence-electron chi connectivity index (χ4n) is 4.01. The molecule has 1 fully saturated rings. The van der Waals surface area contributed by atoms with Gasteiger partial charge in [0.1, 0.15) is 17.2 Å². The summed E-state index contributed by atoms with van der Waals surface area (Å²) in [7, 11) is -0.481. The zero-order valence-corrected chi connectivity index (χ0v) is 17.7. The lowest BCUT2D eigenvalue weighted by Crippen LogP contribution is -2.41. The van der Waals surface area contributed by atoms with Crippen molar-refractivity contribution in [3.63, 3.8) is 0 Å². The molecular formula is C23H28BFO4. The third-order valence-electron chi connectivity index (χ3n) is 6.39. The Balaban J connectivity index is 1.56. The molecule has 29 heavy (non-hydrogen) atoms. The lowest BCUT2D eigenvalue weighted by Gasteiger charge is -2.38. The average molecular weight is 398 g/mol. The van der Waals surface area contributed by atoms with Gasteiger partial charge in [-0.15, -0.1) is 0 Å². The predicted octanol–water partition coefficient (Wildman–Crippen LogP) is 3.94. The largest absolute Gasteiger partial charge is 0.494 e. The molecule has 2 heterocycles. The Bertz CT molecular complexity index is 896. The van der Waals surface area contributed by atoms with Crippen molar-refractivity contribution in [1.82, 2.24) is 0 Å². The maximum atomic E-state index is 13.2. The molecular weight excluding hydrogens is 370 g/mol. The van der Waals surface area contributed by atoms with E-state index >= 15 is 0 Å². The highest BCUT2D eigenvalue weighted by Crippen LogP contribution is 2.41. The SMILES string of the molecule is CC1(Cc2ccc(F)cc2)CC(O)c2cc(B3OC(C)(C)C(C)(C)O3)ccc2O1. The zero-order valence-electron chi connectivity index (χ0n) is 17.7. The summed E-state index contributed by atoms with van der Waals surface area (Å²) in [6.45, 7) is 10.0. The summed E-state index contributed by atoms with van der Waals surface area (Å²) in [5, 5.41) is 10.9. The monoisotopic (exact) mass is 398 g/mol. The van der Waals surface area contributed by atoms with Gasteiger partial charge in [0, 0.05) is 18.4 Å². The van der Waals surface area contributed by atoms with E-state index in [2.05, 4.69) is 0 Å². The minimum atomic E-state index is -0.661. The first kappa shape index (κ1) is 20.4. The van der Waals surface area contributed by atoms with E-state index in [0.717, 1.165) is 16.6 Å². The van der Waals surface area contributed by atoms with Crippen molar-refractivity contribution in [2.45, 2.75) is 70.4 Å². The predicted molar refractivity (Wildman–Crippen MR) is 111 cm³/mol. The van der Waals surface area contributed by atoms with Gasteiger partial charge in [-0.05, 0) is 63.8 Å². The molecule has 0 aromatic heterocycles. The molecule has 4 rings (SSSR count). The molecule has 6 heteroatoms. The van der Waals surface area contributed by atoms with Crippen molar-refractivity contribution >= 4 is 12.6 Å². The Morgan fingerprint density at radius 3 is 2.24 bits per heavy atom. The standard InChI is InChI=1S/C23H28BFO4/c1-21(2)22(3,4)29-24(28-21)16-8-11-20-18(12-16)19(26)14-23(5,27-20)13-15-6-9-17(25)10-7-15/h6-12,19,26H,13-14H2,1-5H3. The average Bonchev–Trinajstić information content (AvgIpc) is 2.84. The van der Waals surface area contributed by atoms with Gasteiger partial charge in [-0.2, -0.15) is 0 Å². The fourth-order valence-corrected chi connectivity index (χ4v) is 4.01. The first-order valence-corrected chi connectivity index (χ1v) is 10.1. The van der Waals surface area contributed by atoms with Gasteiger partial charge in [-0.3, -0.25) is 0 Å². The third kappa shape index (κ3) is 3.81. The fraction of sp³-hybridized carbons (Fsp3) is 0.478. The van der Waals surface area contributed by atoms with Gasteiger partial charge >= 0.3 is 7.12 Å². The highest BCUT2D eigenvalue weighted by Gasteiger charge is 2.52. The van der Waals surface area contributed by atoms with Gasteiger partial charge in [-0.1, -0.05) is 24.3 Å². The van der Waals surface area contributed by atoms with E-state index in [1.54, 1.807) is 12.1 Å². The number of hydrogen-bond donors (Lipinski definition) is 1. The van der Waals surface area contributed by atoms with E-state index in [4.69, 9.17) is 14.0 Å². The minimum Gasteiger partial charge on any atom is -0.487 e. The Kier molecular flexibility index (Phi) is 4.80. The van der Waals surface area contributed by atoms with E-state index in [1.165, 1.54) is 12.1 Å². The topological polar surface area (TPSA) is 47.9 Å². The zero-order chi connectivity index (χ0) is 21.0. The Morgan fingerprint density at radius 1 is 1.00 bits per heavy atom. The van der Waals surface area contributed by atoms with E-state index in [-0.39, 0.29) is 5.82 Å². The van der Waals surface area contributed by atoms with E-state index in [9.17, 15) is 9.50 Å². The molecule has 2 unspecified atom stereocenters. The highest BCUT2D eigenvalue weighted by atomic mass is 19.1. The van der Waals surface area contributed by atoms with E-state index in [1.807, 2.05) is 52.8 Å². The Labute approximate surface area is 172 Å². The molecule has 154 valence electrons. The van der Waals surface area contributed by atoms with E-state index in [0.29, 0.717) is 18.6 Å². The normalized spacial score (nSPS) is 27.4. The lowest BCUT2D eigenvalue weighted by molar-refractivity contribution is -0.000958. The van der Waals surface area contributed by atoms with E-state index < -0.39 is 30.0 Å². The van der Waals surface area contributed by atoms with Crippen molar-refractivity contribution in [1.29, 1.82) is 0 Å². The summed E-state index contributed by atoms with van der Waals surface area (Å²) in [6, 6.07) is 12.1. The summed E-state index contributed by atoms with van der Waals surface area (Å²) < 4.78 is 31.7. The molecule has 0 spiro atoms. The molecule has 0 saturated carbocycles. The van der Waals surface area contributed by atoms with Crippen LogP contribution in [0.3, 0.4) is 0 Å². The van der Waals surface area contributed by atoms with Crippen LogP contribution in [0, 0.1) is 5.82 Å². The maximum Gasteiger partial charge on any atom is 0.494 e. The van der Waals surface area contributed by atoms with Crippen molar-refractivity contribution in [2.75, 3.05) is 0 Å². The smallest absolute Gasteiger partial charge is 0.487 e. The van der Waals surface area contributed by atoms with Crippen molar-refractivity contribution in [3.05, 3.63) is 59.4 Å². The number of ether oxygens (including phenoxy) is 1. The van der Waals surface area contributed by atoms with Crippen LogP contribution in [0.1, 0.15) is 58.3 Å². The van der Waals surface area contributed by atoms with Crippen molar-refractivity contribution < 1.29 is 23.5 Å². The molecule has 1 saturated heterocycles. The molecule has 0 amide bonds. The second-order valence-corrected chi connectivity index (χ2v) is 9.46. The van der Waals surface area contributed by atoms with Crippen molar-refractivity contribution in [2.24, 2.45) is 0 Å². The van der Waals surface area contributed by atoms with Gasteiger partial charge < -0.3 is 19.2 Å². The molecule has 0 aliphatic carbocycles. The van der Waals surface area contributed by atoms with Crippen molar-refractivity contribution in [3.8, 4) is 5.75 Å². The van der Waals surface area contributed by atoms with Gasteiger partial charge in [0.2, 0.25) is 0 Å². The Hall–Kier alpha value is -1.89. The molecule has 2 atom stereocenters. The first-order valence-electron chi connectivity index (χ1n) is 10.1. The number of fused-ring (bicyclic) bond motifs is 1. The number of aliphatic hydroxyl groups is 1. The van der Waals surface area contributed by atoms with Crippen LogP contribution in [0.5, 0.6) is 5.75 Å². The summed E-state index contributed by atoms with van der Waals surface area (Å²) in [5.41, 5.74) is 1.17. The lowest BCUT2D eigenvalue weighted by atomic mass is 9.76. The van der Waals surface area contributed by atoms with Gasteiger partial charge in [-0.25, -0.2) is 4.39 Å². The minimum absolute atomic E-state index is 0.260. The Morgan fingerprint density at radius 2 is 1.62 bits per heavy atom. The molecule has 2 aliphatic rings. The molecule has 2 aliphatic heterocycles. The molecule has 0 radical (unpaired) electrons. The highest BCUT2D eigenvalue weighted by molar-refractivity contribution is 6.62. The molecule has 2 aromatic rings. The van der Waals surface area contributed by atoms with Gasteiger partial charge in [0.25, 0.3) is 0 Å². The van der Waals surface area contributed by atoms with Crippen LogP contribution in [-0.2, 0) is 15.7 Å². The van der Waals surface area contributed by atoms with Crippen LogP contribution >= 0.6 is 0 Å². The first-order chi connectivity index (χ1) is 13.5. The number of halogens is 1. The van der Waals surface area contributed by atoms with Crippen LogP contribution in [0.15, 0.2) is 42.5 Å². The molecule has 2 aromatic carbocycles. The molecule has 1 N–H and O–H groups in total. The second-order valence-electron chi connectivity index (χ2n) is 9.46. The van der Waals surface area contributed by atoms with Crippen LogP contribution in [0.2, 0.25) is 0 Å². The summed E-state index contributed by atoms with van der Waals surface area (Å²) in [5.74, 6) is 0.401. The quantitative estimate of drug-likeness (QED) is 0.796. The second kappa shape index (κ2) is 6.83. The van der Waals surface area contributed by atoms with Gasteiger partial charge in [0.15, 0.2) is 0 Å². The van der Waals surface area contributed by atoms with Crippen LogP contribution in [0.25, 0.3) is 0 Å². The summed E-state index contributed by atoms with van der Waals surface area (Å²) in [6.07, 6.45) is 0.374. The van der Waals surface area contributed by atoms with Crippen LogP contribution in [-0.4, -0.2) is 29.0 Å². The third-order valence-corrected chi connectivity index (χ3v) is 6.39. The number of aliphatic hydroxyl groups excluding tert-OH is 1. The van der Waals surface area contributed by atoms with Crippen LogP contribution in [0.4, 0.5) is 4.39 Å². The molecule has 0 bridgehead atoms. The summed E-state index contributed by atoms with van der Waals surface area (Å²) in [4.78, 5) is 0. The summed E-state index contributed by atoms with van der Waals surface area (Å²) >= 11 is 0. The number of rotatable bonds is 3. The van der Waals surface area contributed by atoms with Gasteiger partial charge in [0.05, 0.1) is 17.3 Å².